The fourth-order valence-electron chi connectivity index (χ4n) is 3.09. The van der Waals surface area contributed by atoms with Gasteiger partial charge < -0.3 is 9.88 Å². The lowest BCUT2D eigenvalue weighted by molar-refractivity contribution is -0.110. The van der Waals surface area contributed by atoms with E-state index in [4.69, 9.17) is 0 Å². The summed E-state index contributed by atoms with van der Waals surface area (Å²) in [4.78, 5) is 12.3. The molecule has 0 atom stereocenters. The lowest BCUT2D eigenvalue weighted by atomic mass is 10.0. The number of carbonyl (C=O) groups excluding carboxylic acids is 1. The number of amides is 1. The Balaban J connectivity index is 1.92. The van der Waals surface area contributed by atoms with Crippen LogP contribution >= 0.6 is 0 Å². The Hall–Kier alpha value is -2.81. The first kappa shape index (κ1) is 12.9. The van der Waals surface area contributed by atoms with Crippen LogP contribution in [0.1, 0.15) is 18.1 Å². The van der Waals surface area contributed by atoms with E-state index in [0.717, 1.165) is 28.9 Å². The number of rotatable bonds is 2. The summed E-state index contributed by atoms with van der Waals surface area (Å²) in [6, 6.07) is 16.1. The van der Waals surface area contributed by atoms with E-state index in [0.29, 0.717) is 0 Å². The summed E-state index contributed by atoms with van der Waals surface area (Å²) in [6.07, 6.45) is 4.11. The van der Waals surface area contributed by atoms with Crippen molar-refractivity contribution in [3.05, 3.63) is 65.9 Å². The Kier molecular flexibility index (Phi) is 2.86. The molecule has 4 rings (SSSR count). The Morgan fingerprint density at radius 2 is 1.86 bits per heavy atom. The fourth-order valence-corrected chi connectivity index (χ4v) is 3.09. The third kappa shape index (κ3) is 1.86. The van der Waals surface area contributed by atoms with Crippen molar-refractivity contribution in [1.29, 1.82) is 0 Å². The van der Waals surface area contributed by atoms with Crippen LogP contribution in [0.5, 0.6) is 0 Å². The largest absolute Gasteiger partial charge is 0.347 e. The van der Waals surface area contributed by atoms with E-state index in [2.05, 4.69) is 35.1 Å². The molecule has 0 bridgehead atoms. The van der Waals surface area contributed by atoms with Gasteiger partial charge in [0.15, 0.2) is 0 Å². The molecule has 0 aliphatic carbocycles. The molecule has 0 radical (unpaired) electrons. The number of nitrogens with zero attached hydrogens (tertiary/aromatic N) is 1. The van der Waals surface area contributed by atoms with Gasteiger partial charge in [0.25, 0.3) is 5.91 Å². The minimum absolute atomic E-state index is 0.0328. The maximum atomic E-state index is 12.3. The summed E-state index contributed by atoms with van der Waals surface area (Å²) in [7, 11) is 0. The second-order valence-corrected chi connectivity index (χ2v) is 5.45. The van der Waals surface area contributed by atoms with Gasteiger partial charge in [-0.25, -0.2) is 0 Å². The molecule has 3 aromatic rings. The second kappa shape index (κ2) is 4.88. The van der Waals surface area contributed by atoms with E-state index in [1.54, 1.807) is 0 Å². The van der Waals surface area contributed by atoms with Gasteiger partial charge in [-0.2, -0.15) is 0 Å². The molecule has 2 aromatic carbocycles. The van der Waals surface area contributed by atoms with Crippen molar-refractivity contribution in [2.75, 3.05) is 5.32 Å². The van der Waals surface area contributed by atoms with Crippen LogP contribution in [0, 0.1) is 0 Å². The lowest BCUT2D eigenvalue weighted by Crippen LogP contribution is -2.03. The molecule has 1 N–H and O–H groups in total. The number of carbonyl (C=O) groups is 1. The topological polar surface area (TPSA) is 34.0 Å². The number of fused-ring (bicyclic) bond motifs is 2. The zero-order valence-electron chi connectivity index (χ0n) is 12.3. The number of aromatic nitrogens is 1. The summed E-state index contributed by atoms with van der Waals surface area (Å²) >= 11 is 0. The van der Waals surface area contributed by atoms with Crippen LogP contribution in [0.2, 0.25) is 0 Å². The fraction of sp³-hybridized carbons (Fsp3) is 0.105. The number of hydrogen-bond donors (Lipinski definition) is 1. The third-order valence-electron chi connectivity index (χ3n) is 4.17. The standard InChI is InChI=1S/C19H16N2O/c1-2-21-12-13(14-7-4-6-10-18(14)21)11-16-15-8-3-5-9-17(15)20-19(16)22/h3-12H,2H2,1H3,(H,20,22)/b16-11+. The highest BCUT2D eigenvalue weighted by molar-refractivity contribution is 6.35. The maximum Gasteiger partial charge on any atom is 0.256 e. The molecule has 2 heterocycles. The van der Waals surface area contributed by atoms with E-state index < -0.39 is 0 Å². The molecule has 3 nitrogen and oxygen atoms in total. The van der Waals surface area contributed by atoms with Crippen molar-refractivity contribution in [2.24, 2.45) is 0 Å². The normalized spacial score (nSPS) is 15.3. The first-order valence-electron chi connectivity index (χ1n) is 7.48. The second-order valence-electron chi connectivity index (χ2n) is 5.45. The maximum absolute atomic E-state index is 12.3. The van der Waals surface area contributed by atoms with E-state index in [1.807, 2.05) is 42.5 Å². The molecule has 0 saturated carbocycles. The number of para-hydroxylation sites is 2. The average Bonchev–Trinajstić information content (AvgIpc) is 3.06. The molecular formula is C19H16N2O. The van der Waals surface area contributed by atoms with E-state index in [9.17, 15) is 4.79 Å². The van der Waals surface area contributed by atoms with Crippen LogP contribution in [0.15, 0.2) is 54.7 Å². The van der Waals surface area contributed by atoms with Gasteiger partial charge in [-0.3, -0.25) is 4.79 Å². The lowest BCUT2D eigenvalue weighted by Gasteiger charge is -1.98. The van der Waals surface area contributed by atoms with Crippen molar-refractivity contribution in [1.82, 2.24) is 4.57 Å². The zero-order chi connectivity index (χ0) is 15.1. The van der Waals surface area contributed by atoms with Gasteiger partial charge in [0.2, 0.25) is 0 Å². The molecule has 0 fully saturated rings. The van der Waals surface area contributed by atoms with Crippen LogP contribution in [0.25, 0.3) is 22.6 Å². The van der Waals surface area contributed by atoms with Gasteiger partial charge in [-0.15, -0.1) is 0 Å². The smallest absolute Gasteiger partial charge is 0.256 e. The van der Waals surface area contributed by atoms with E-state index >= 15 is 0 Å². The molecule has 1 aliphatic rings. The van der Waals surface area contributed by atoms with E-state index in [-0.39, 0.29) is 5.91 Å². The number of hydrogen-bond acceptors (Lipinski definition) is 1. The monoisotopic (exact) mass is 288 g/mol. The highest BCUT2D eigenvalue weighted by Crippen LogP contribution is 2.34. The van der Waals surface area contributed by atoms with E-state index in [1.165, 1.54) is 10.9 Å². The van der Waals surface area contributed by atoms with Crippen molar-refractivity contribution in [3.63, 3.8) is 0 Å². The van der Waals surface area contributed by atoms with Crippen LogP contribution in [-0.2, 0) is 11.3 Å². The molecule has 108 valence electrons. The van der Waals surface area contributed by atoms with Crippen LogP contribution in [0.3, 0.4) is 0 Å². The summed E-state index contributed by atoms with van der Waals surface area (Å²) in [5.74, 6) is -0.0328. The highest BCUT2D eigenvalue weighted by Gasteiger charge is 2.23. The van der Waals surface area contributed by atoms with Gasteiger partial charge in [0, 0.05) is 46.0 Å². The third-order valence-corrected chi connectivity index (χ3v) is 4.17. The number of aryl methyl sites for hydroxylation is 1. The van der Waals surface area contributed by atoms with Crippen LogP contribution in [0.4, 0.5) is 5.69 Å². The molecule has 1 amide bonds. The highest BCUT2D eigenvalue weighted by atomic mass is 16.2. The average molecular weight is 288 g/mol. The Morgan fingerprint density at radius 3 is 2.73 bits per heavy atom. The first-order chi connectivity index (χ1) is 10.8. The summed E-state index contributed by atoms with van der Waals surface area (Å²) in [5, 5.41) is 4.10. The first-order valence-corrected chi connectivity index (χ1v) is 7.48. The Morgan fingerprint density at radius 1 is 1.09 bits per heavy atom. The predicted octanol–water partition coefficient (Wildman–Crippen LogP) is 4.15. The molecular weight excluding hydrogens is 272 g/mol. The number of benzene rings is 2. The molecule has 1 aliphatic heterocycles. The zero-order valence-corrected chi connectivity index (χ0v) is 12.3. The SMILES string of the molecule is CCn1cc(/C=C2/C(=O)Nc3ccccc32)c2ccccc21. The van der Waals surface area contributed by atoms with Crippen LogP contribution < -0.4 is 5.32 Å². The molecule has 1 aromatic heterocycles. The molecule has 22 heavy (non-hydrogen) atoms. The van der Waals surface area contributed by atoms with Gasteiger partial charge in [0.1, 0.15) is 0 Å². The Bertz CT molecular complexity index is 918. The minimum Gasteiger partial charge on any atom is -0.347 e. The summed E-state index contributed by atoms with van der Waals surface area (Å²) in [6.45, 7) is 3.04. The van der Waals surface area contributed by atoms with Gasteiger partial charge in [0.05, 0.1) is 0 Å². The van der Waals surface area contributed by atoms with Crippen LogP contribution in [-0.4, -0.2) is 10.5 Å². The number of anilines is 1. The molecule has 3 heteroatoms. The van der Waals surface area contributed by atoms with Crippen molar-refractivity contribution in [3.8, 4) is 0 Å². The molecule has 0 saturated heterocycles. The predicted molar refractivity (Wildman–Crippen MR) is 90.6 cm³/mol. The van der Waals surface area contributed by atoms with Gasteiger partial charge >= 0.3 is 0 Å². The quantitative estimate of drug-likeness (QED) is 0.706. The minimum atomic E-state index is -0.0328. The Labute approximate surface area is 128 Å². The van der Waals surface area contributed by atoms with Gasteiger partial charge in [-0.1, -0.05) is 36.4 Å². The molecule has 0 unspecified atom stereocenters. The van der Waals surface area contributed by atoms with Crippen molar-refractivity contribution >= 4 is 34.1 Å². The number of nitrogens with one attached hydrogen (secondary N) is 1. The van der Waals surface area contributed by atoms with Crippen molar-refractivity contribution < 1.29 is 4.79 Å². The summed E-state index contributed by atoms with van der Waals surface area (Å²) in [5.41, 5.74) is 4.87. The van der Waals surface area contributed by atoms with Gasteiger partial charge in [-0.05, 0) is 25.1 Å². The summed E-state index contributed by atoms with van der Waals surface area (Å²) < 4.78 is 2.21. The van der Waals surface area contributed by atoms with Crippen molar-refractivity contribution in [2.45, 2.75) is 13.5 Å². The molecule has 0 spiro atoms.